The van der Waals surface area contributed by atoms with Crippen LogP contribution in [-0.4, -0.2) is 82.6 Å². The molecule has 2 aromatic rings. The molecule has 15 heteroatoms. The lowest BCUT2D eigenvalue weighted by Crippen LogP contribution is -2.69. The van der Waals surface area contributed by atoms with Crippen molar-refractivity contribution in [2.45, 2.75) is 17.5 Å². The summed E-state index contributed by atoms with van der Waals surface area (Å²) in [5.41, 5.74) is -0.406. The predicted molar refractivity (Wildman–Crippen MR) is 138 cm³/mol. The van der Waals surface area contributed by atoms with E-state index in [2.05, 4.69) is 5.32 Å². The molecule has 1 atom stereocenters. The lowest BCUT2D eigenvalue weighted by Gasteiger charge is -2.34. The first-order chi connectivity index (χ1) is 18.3. The number of hydrogen-bond donors (Lipinski definition) is 3. The third kappa shape index (κ3) is 4.77. The monoisotopic (exact) mass is 575 g/mol. The van der Waals surface area contributed by atoms with Gasteiger partial charge in [0.1, 0.15) is 0 Å². The zero-order valence-corrected chi connectivity index (χ0v) is 22.3. The summed E-state index contributed by atoms with van der Waals surface area (Å²) >= 11 is 0. The number of carbonyl (C=O) groups is 4. The number of benzene rings is 2. The van der Waals surface area contributed by atoms with Gasteiger partial charge in [-0.05, 0) is 29.8 Å². The summed E-state index contributed by atoms with van der Waals surface area (Å²) in [5.74, 6) is -2.64. The van der Waals surface area contributed by atoms with Crippen molar-refractivity contribution in [2.24, 2.45) is 5.41 Å². The largest absolute Gasteiger partial charge is 0.365 e. The summed E-state index contributed by atoms with van der Waals surface area (Å²) in [6.45, 7) is -0.157. The minimum atomic E-state index is -3.83. The Morgan fingerprint density at radius 2 is 1.69 bits per heavy atom. The number of sulfone groups is 1. The van der Waals surface area contributed by atoms with Crippen LogP contribution in [0.3, 0.4) is 0 Å². The number of urea groups is 1. The fourth-order valence-corrected chi connectivity index (χ4v) is 7.43. The van der Waals surface area contributed by atoms with E-state index >= 15 is 0 Å². The average molecular weight is 576 g/mol. The van der Waals surface area contributed by atoms with Gasteiger partial charge >= 0.3 is 6.03 Å². The van der Waals surface area contributed by atoms with E-state index in [0.717, 1.165) is 16.1 Å². The van der Waals surface area contributed by atoms with Gasteiger partial charge in [0.05, 0.1) is 28.6 Å². The lowest BCUT2D eigenvalue weighted by atomic mass is 9.79. The Labute approximate surface area is 224 Å². The van der Waals surface area contributed by atoms with E-state index in [1.807, 2.05) is 15.5 Å². The average Bonchev–Trinajstić information content (AvgIpc) is 3.26. The number of nitrogens with one attached hydrogen (secondary N) is 3. The molecular formula is C24H25N5O8S2. The number of imide groups is 2. The molecule has 2 fully saturated rings. The van der Waals surface area contributed by atoms with Crippen LogP contribution < -0.4 is 20.9 Å². The van der Waals surface area contributed by atoms with E-state index < -0.39 is 61.6 Å². The van der Waals surface area contributed by atoms with Crippen molar-refractivity contribution in [1.29, 1.82) is 0 Å². The number of para-hydroxylation sites is 1. The highest BCUT2D eigenvalue weighted by molar-refractivity contribution is 7.91. The van der Waals surface area contributed by atoms with E-state index in [1.54, 1.807) is 36.4 Å². The maximum Gasteiger partial charge on any atom is 0.328 e. The van der Waals surface area contributed by atoms with Gasteiger partial charge in [-0.2, -0.15) is 4.31 Å². The number of amides is 5. The van der Waals surface area contributed by atoms with Crippen molar-refractivity contribution in [3.63, 3.8) is 0 Å². The first-order valence-corrected chi connectivity index (χ1v) is 15.4. The smallest absolute Gasteiger partial charge is 0.328 e. The fraction of sp³-hybridized carbons (Fsp3) is 0.333. The molecule has 13 nitrogen and oxygen atoms in total. The summed E-state index contributed by atoms with van der Waals surface area (Å²) in [4.78, 5) is 52.5. The molecular weight excluding hydrogens is 550 g/mol. The number of nitrogens with zero attached hydrogens (tertiary/aromatic N) is 2. The highest BCUT2D eigenvalue weighted by Gasteiger charge is 2.62. The molecule has 3 heterocycles. The topological polar surface area (TPSA) is 179 Å². The van der Waals surface area contributed by atoms with Gasteiger partial charge in [-0.1, -0.05) is 24.3 Å². The molecule has 1 spiro atoms. The van der Waals surface area contributed by atoms with Gasteiger partial charge in [-0.25, -0.2) is 21.6 Å². The molecule has 0 saturated carbocycles. The van der Waals surface area contributed by atoms with Gasteiger partial charge in [0, 0.05) is 31.7 Å². The number of carbonyl (C=O) groups excluding carboxylic acids is 4. The Bertz CT molecular complexity index is 1580. The minimum absolute atomic E-state index is 0.00904. The molecule has 2 saturated heterocycles. The highest BCUT2D eigenvalue weighted by atomic mass is 32.2. The number of fused-ring (bicyclic) bond motifs is 1. The first kappa shape index (κ1) is 26.8. The zero-order valence-electron chi connectivity index (χ0n) is 20.7. The van der Waals surface area contributed by atoms with E-state index in [4.69, 9.17) is 0 Å². The summed E-state index contributed by atoms with van der Waals surface area (Å²) < 4.78 is 50.1. The van der Waals surface area contributed by atoms with Crippen LogP contribution >= 0.6 is 0 Å². The molecule has 0 radical (unpaired) electrons. The van der Waals surface area contributed by atoms with Crippen molar-refractivity contribution >= 4 is 49.3 Å². The van der Waals surface area contributed by atoms with Gasteiger partial charge in [0.25, 0.3) is 5.91 Å². The normalized spacial score (nSPS) is 22.2. The molecule has 0 aromatic heterocycles. The lowest BCUT2D eigenvalue weighted by molar-refractivity contribution is -0.144. The van der Waals surface area contributed by atoms with Crippen molar-refractivity contribution in [3.8, 4) is 0 Å². The van der Waals surface area contributed by atoms with Crippen LogP contribution in [0.15, 0.2) is 53.4 Å². The Hall–Kier alpha value is -3.82. The quantitative estimate of drug-likeness (QED) is 0.385. The van der Waals surface area contributed by atoms with Crippen LogP contribution in [0.5, 0.6) is 0 Å². The zero-order chi connectivity index (χ0) is 28.2. The van der Waals surface area contributed by atoms with Gasteiger partial charge in [0.2, 0.25) is 21.8 Å². The second-order valence-corrected chi connectivity index (χ2v) is 13.8. The van der Waals surface area contributed by atoms with E-state index in [-0.39, 0.29) is 22.8 Å². The van der Waals surface area contributed by atoms with Gasteiger partial charge in [0.15, 0.2) is 15.3 Å². The number of sulfonamides is 1. The van der Waals surface area contributed by atoms with Crippen LogP contribution in [0.1, 0.15) is 15.9 Å². The third-order valence-electron chi connectivity index (χ3n) is 7.21. The molecule has 5 amide bonds. The summed E-state index contributed by atoms with van der Waals surface area (Å²) in [6.07, 6.45) is 0.920. The maximum atomic E-state index is 13.1. The summed E-state index contributed by atoms with van der Waals surface area (Å²) in [6, 6.07) is 11.0. The molecule has 0 bridgehead atoms. The summed E-state index contributed by atoms with van der Waals surface area (Å²) in [5, 5.41) is 6.58. The number of anilines is 1. The maximum absolute atomic E-state index is 13.1. The van der Waals surface area contributed by atoms with Crippen LogP contribution in [0.2, 0.25) is 0 Å². The van der Waals surface area contributed by atoms with Gasteiger partial charge in [-0.3, -0.25) is 25.0 Å². The molecule has 206 valence electrons. The second kappa shape index (κ2) is 9.43. The van der Waals surface area contributed by atoms with Crippen molar-refractivity contribution in [3.05, 3.63) is 59.7 Å². The SMILES string of the molecule is CS(=O)(=O)N1CC(NC(=O)c2ccc(CN3CCS(=O)(=O)c4ccccc43)cc2)C2(C1)C(=O)NC(=O)NC2=O. The fourth-order valence-electron chi connectivity index (χ4n) is 5.09. The second-order valence-electron chi connectivity index (χ2n) is 9.70. The molecule has 39 heavy (non-hydrogen) atoms. The first-order valence-electron chi connectivity index (χ1n) is 11.9. The van der Waals surface area contributed by atoms with E-state index in [9.17, 15) is 36.0 Å². The molecule has 1 unspecified atom stereocenters. The predicted octanol–water partition coefficient (Wildman–Crippen LogP) is -0.793. The molecule has 2 aromatic carbocycles. The van der Waals surface area contributed by atoms with Crippen molar-refractivity contribution in [1.82, 2.24) is 20.3 Å². The van der Waals surface area contributed by atoms with Crippen LogP contribution in [-0.2, 0) is 36.0 Å². The molecule has 0 aliphatic carbocycles. The van der Waals surface area contributed by atoms with Crippen LogP contribution in [0.25, 0.3) is 0 Å². The Morgan fingerprint density at radius 1 is 1.05 bits per heavy atom. The highest BCUT2D eigenvalue weighted by Crippen LogP contribution is 2.35. The van der Waals surface area contributed by atoms with Gasteiger partial charge in [-0.15, -0.1) is 0 Å². The van der Waals surface area contributed by atoms with Crippen LogP contribution in [0.4, 0.5) is 10.5 Å². The number of rotatable bonds is 5. The Balaban J connectivity index is 1.34. The van der Waals surface area contributed by atoms with Crippen molar-refractivity contribution in [2.75, 3.05) is 36.5 Å². The number of barbiturate groups is 1. The standard InChI is InChI=1S/C24H25N5O8S2/c1-38(34,35)29-13-19(24(14-29)21(31)26-23(33)27-22(24)32)25-20(30)16-8-6-15(7-9-16)12-28-10-11-39(36,37)18-5-3-2-4-17(18)28/h2-9,19H,10-14H2,1H3,(H,25,30)(H2,26,27,31,32,33). The van der Waals surface area contributed by atoms with E-state index in [1.165, 1.54) is 12.1 Å². The molecule has 3 aliphatic heterocycles. The molecule has 3 aliphatic rings. The summed E-state index contributed by atoms with van der Waals surface area (Å²) in [7, 11) is -7.17. The van der Waals surface area contributed by atoms with E-state index in [0.29, 0.717) is 18.8 Å². The third-order valence-corrected chi connectivity index (χ3v) is 10.2. The number of hydrogen-bond acceptors (Lipinski definition) is 9. The molecule has 5 rings (SSSR count). The van der Waals surface area contributed by atoms with Crippen molar-refractivity contribution < 1.29 is 36.0 Å². The Morgan fingerprint density at radius 3 is 2.33 bits per heavy atom. The Kier molecular flexibility index (Phi) is 6.47. The van der Waals surface area contributed by atoms with Crippen LogP contribution in [0, 0.1) is 5.41 Å². The van der Waals surface area contributed by atoms with Gasteiger partial charge < -0.3 is 10.2 Å². The minimum Gasteiger partial charge on any atom is -0.365 e. The molecule has 3 N–H and O–H groups in total.